The summed E-state index contributed by atoms with van der Waals surface area (Å²) in [4.78, 5) is 16.0. The predicted molar refractivity (Wildman–Crippen MR) is 116 cm³/mol. The fraction of sp³-hybridized carbons (Fsp3) is 0.667. The Labute approximate surface area is 175 Å². The zero-order valence-electron chi connectivity index (χ0n) is 18.6. The van der Waals surface area contributed by atoms with E-state index in [-0.39, 0.29) is 18.5 Å². The van der Waals surface area contributed by atoms with Crippen molar-refractivity contribution in [3.05, 3.63) is 23.9 Å². The number of nitriles is 1. The van der Waals surface area contributed by atoms with Gasteiger partial charge < -0.3 is 19.6 Å². The van der Waals surface area contributed by atoms with Gasteiger partial charge >= 0.3 is 0 Å². The molecule has 0 bridgehead atoms. The average molecular weight is 422 g/mol. The molecule has 1 rings (SSSR count). The molecule has 1 heterocycles. The molecule has 1 aromatic rings. The van der Waals surface area contributed by atoms with Crippen LogP contribution in [-0.2, 0) is 14.0 Å². The summed E-state index contributed by atoms with van der Waals surface area (Å²) in [6, 6.07) is 5.00. The van der Waals surface area contributed by atoms with Gasteiger partial charge in [-0.3, -0.25) is 4.79 Å². The maximum Gasteiger partial charge on any atom is 0.256 e. The number of aliphatic hydroxyl groups is 1. The standard InChI is InChI=1S/C21H35N3O4Si/c1-14(2)29(15(3)4,16(5)6)28-12-17(7)27-13-19(25)21(26)24-20-9-8-18(10-22)11-23-20/h8-9,11,14-17,19,25H,12-13H2,1-7H3,(H,23,24,26). The van der Waals surface area contributed by atoms with Crippen LogP contribution in [0.5, 0.6) is 0 Å². The van der Waals surface area contributed by atoms with Gasteiger partial charge in [0.1, 0.15) is 11.9 Å². The Morgan fingerprint density at radius 2 is 1.72 bits per heavy atom. The molecular weight excluding hydrogens is 386 g/mol. The molecule has 8 heteroatoms. The molecule has 1 amide bonds. The minimum Gasteiger partial charge on any atom is -0.413 e. The second-order valence-electron chi connectivity index (χ2n) is 8.32. The molecule has 1 aromatic heterocycles. The Morgan fingerprint density at radius 3 is 2.17 bits per heavy atom. The first-order chi connectivity index (χ1) is 13.5. The zero-order chi connectivity index (χ0) is 22.2. The molecule has 0 aliphatic carbocycles. The molecule has 2 atom stereocenters. The Kier molecular flexibility index (Phi) is 9.93. The molecule has 7 nitrogen and oxygen atoms in total. The molecule has 0 aliphatic rings. The SMILES string of the molecule is CC(CO[Si](C(C)C)(C(C)C)C(C)C)OCC(O)C(=O)Nc1ccc(C#N)cn1. The van der Waals surface area contributed by atoms with Crippen molar-refractivity contribution < 1.29 is 19.1 Å². The fourth-order valence-corrected chi connectivity index (χ4v) is 9.41. The Hall–Kier alpha value is -1.79. The van der Waals surface area contributed by atoms with Gasteiger partial charge in [-0.2, -0.15) is 5.26 Å². The van der Waals surface area contributed by atoms with E-state index in [0.717, 1.165) is 0 Å². The molecule has 2 N–H and O–H groups in total. The number of pyridine rings is 1. The normalized spacial score (nSPS) is 14.1. The highest BCUT2D eigenvalue weighted by molar-refractivity contribution is 6.77. The number of aliphatic hydroxyl groups excluding tert-OH is 1. The third kappa shape index (κ3) is 6.89. The smallest absolute Gasteiger partial charge is 0.256 e. The highest BCUT2D eigenvalue weighted by Crippen LogP contribution is 2.42. The van der Waals surface area contributed by atoms with Crippen molar-refractivity contribution in [2.45, 2.75) is 77.3 Å². The lowest BCUT2D eigenvalue weighted by atomic mass is 10.3. The quantitative estimate of drug-likeness (QED) is 0.526. The van der Waals surface area contributed by atoms with E-state index in [1.54, 1.807) is 6.07 Å². The van der Waals surface area contributed by atoms with Gasteiger partial charge in [-0.25, -0.2) is 4.98 Å². The van der Waals surface area contributed by atoms with Gasteiger partial charge in [0.25, 0.3) is 5.91 Å². The molecule has 0 aliphatic heterocycles. The molecule has 2 unspecified atom stereocenters. The lowest BCUT2D eigenvalue weighted by Crippen LogP contribution is -2.49. The van der Waals surface area contributed by atoms with Gasteiger partial charge in [0.15, 0.2) is 14.4 Å². The molecule has 0 aromatic carbocycles. The predicted octanol–water partition coefficient (Wildman–Crippen LogP) is 3.85. The van der Waals surface area contributed by atoms with Gasteiger partial charge in [0.2, 0.25) is 0 Å². The summed E-state index contributed by atoms with van der Waals surface area (Å²) in [6.07, 6.45) is -0.211. The van der Waals surface area contributed by atoms with Crippen molar-refractivity contribution in [1.82, 2.24) is 4.98 Å². The minimum atomic E-state index is -1.98. The summed E-state index contributed by atoms with van der Waals surface area (Å²) in [5.74, 6) is -0.336. The van der Waals surface area contributed by atoms with E-state index in [1.807, 2.05) is 13.0 Å². The number of rotatable bonds is 11. The number of carbonyl (C=O) groups excluding carboxylic acids is 1. The van der Waals surface area contributed by atoms with Crippen LogP contribution in [0.3, 0.4) is 0 Å². The van der Waals surface area contributed by atoms with Gasteiger partial charge in [-0.05, 0) is 35.7 Å². The van der Waals surface area contributed by atoms with E-state index in [0.29, 0.717) is 28.8 Å². The number of anilines is 1. The van der Waals surface area contributed by atoms with Crippen molar-refractivity contribution in [3.8, 4) is 6.07 Å². The highest BCUT2D eigenvalue weighted by atomic mass is 28.4. The first-order valence-corrected chi connectivity index (χ1v) is 12.3. The highest BCUT2D eigenvalue weighted by Gasteiger charge is 2.45. The average Bonchev–Trinajstić information content (AvgIpc) is 2.66. The molecule has 0 radical (unpaired) electrons. The largest absolute Gasteiger partial charge is 0.413 e. The molecule has 29 heavy (non-hydrogen) atoms. The van der Waals surface area contributed by atoms with Crippen LogP contribution in [0, 0.1) is 11.3 Å². The van der Waals surface area contributed by atoms with Crippen molar-refractivity contribution >= 4 is 20.0 Å². The second-order valence-corrected chi connectivity index (χ2v) is 13.8. The molecule has 0 spiro atoms. The topological polar surface area (TPSA) is 104 Å². The number of nitrogens with one attached hydrogen (secondary N) is 1. The summed E-state index contributed by atoms with van der Waals surface area (Å²) in [7, 11) is -1.98. The van der Waals surface area contributed by atoms with Gasteiger partial charge in [0, 0.05) is 6.20 Å². The molecular formula is C21H35N3O4Si. The van der Waals surface area contributed by atoms with Gasteiger partial charge in [0.05, 0.1) is 24.9 Å². The third-order valence-corrected chi connectivity index (χ3v) is 11.3. The van der Waals surface area contributed by atoms with Crippen LogP contribution < -0.4 is 5.32 Å². The summed E-state index contributed by atoms with van der Waals surface area (Å²) >= 11 is 0. The van der Waals surface area contributed by atoms with Crippen LogP contribution in [0.15, 0.2) is 18.3 Å². The van der Waals surface area contributed by atoms with Crippen molar-refractivity contribution in [3.63, 3.8) is 0 Å². The van der Waals surface area contributed by atoms with Crippen LogP contribution in [0.1, 0.15) is 54.0 Å². The van der Waals surface area contributed by atoms with Crippen LogP contribution >= 0.6 is 0 Å². The van der Waals surface area contributed by atoms with E-state index < -0.39 is 20.3 Å². The first-order valence-electron chi connectivity index (χ1n) is 10.1. The minimum absolute atomic E-state index is 0.133. The summed E-state index contributed by atoms with van der Waals surface area (Å²) in [5.41, 5.74) is 1.83. The molecule has 0 saturated carbocycles. The summed E-state index contributed by atoms with van der Waals surface area (Å²) < 4.78 is 12.1. The Bertz CT molecular complexity index is 664. The Balaban J connectivity index is 2.54. The van der Waals surface area contributed by atoms with Crippen molar-refractivity contribution in [2.24, 2.45) is 0 Å². The number of hydrogen-bond donors (Lipinski definition) is 2. The van der Waals surface area contributed by atoms with E-state index in [4.69, 9.17) is 14.4 Å². The first kappa shape index (κ1) is 25.2. The zero-order valence-corrected chi connectivity index (χ0v) is 19.6. The van der Waals surface area contributed by atoms with E-state index in [1.165, 1.54) is 12.3 Å². The number of nitrogens with zero attached hydrogens (tertiary/aromatic N) is 2. The van der Waals surface area contributed by atoms with Crippen LogP contribution in [0.4, 0.5) is 5.82 Å². The summed E-state index contributed by atoms with van der Waals surface area (Å²) in [5, 5.41) is 21.3. The fourth-order valence-electron chi connectivity index (χ4n) is 3.88. The molecule has 0 fully saturated rings. The molecule has 162 valence electrons. The lowest BCUT2D eigenvalue weighted by molar-refractivity contribution is -0.128. The van der Waals surface area contributed by atoms with Crippen molar-refractivity contribution in [1.29, 1.82) is 5.26 Å². The van der Waals surface area contributed by atoms with E-state index in [9.17, 15) is 9.90 Å². The maximum absolute atomic E-state index is 12.1. The Morgan fingerprint density at radius 1 is 1.14 bits per heavy atom. The number of hydrogen-bond acceptors (Lipinski definition) is 6. The number of aromatic nitrogens is 1. The second kappa shape index (κ2) is 11.4. The van der Waals surface area contributed by atoms with Gasteiger partial charge in [-0.15, -0.1) is 0 Å². The third-order valence-electron chi connectivity index (χ3n) is 5.26. The van der Waals surface area contributed by atoms with Gasteiger partial charge in [-0.1, -0.05) is 41.5 Å². The lowest BCUT2D eigenvalue weighted by Gasteiger charge is -2.42. The summed E-state index contributed by atoms with van der Waals surface area (Å²) in [6.45, 7) is 15.5. The molecule has 0 saturated heterocycles. The number of amides is 1. The number of carbonyl (C=O) groups is 1. The van der Waals surface area contributed by atoms with Crippen molar-refractivity contribution in [2.75, 3.05) is 18.5 Å². The van der Waals surface area contributed by atoms with Crippen LogP contribution in [0.2, 0.25) is 16.6 Å². The van der Waals surface area contributed by atoms with Crippen LogP contribution in [-0.4, -0.2) is 49.7 Å². The number of ether oxygens (including phenoxy) is 1. The van der Waals surface area contributed by atoms with E-state index in [2.05, 4.69) is 51.8 Å². The van der Waals surface area contributed by atoms with E-state index >= 15 is 0 Å². The van der Waals surface area contributed by atoms with Crippen LogP contribution in [0.25, 0.3) is 0 Å². The maximum atomic E-state index is 12.1. The monoisotopic (exact) mass is 421 g/mol.